The number of nitrogens with one attached hydrogen (secondary N) is 1. The molecule has 0 amide bonds. The average molecular weight is 265 g/mol. The van der Waals surface area contributed by atoms with Gasteiger partial charge in [0, 0.05) is 12.6 Å². The summed E-state index contributed by atoms with van der Waals surface area (Å²) in [6, 6.07) is 1.82. The number of nitrogens with zero attached hydrogens (tertiary/aromatic N) is 2. The molecular weight excluding hydrogens is 242 g/mol. The third-order valence-corrected chi connectivity index (χ3v) is 3.06. The van der Waals surface area contributed by atoms with Crippen LogP contribution < -0.4 is 10.1 Å². The molecule has 2 rings (SSSR count). The fourth-order valence-electron chi connectivity index (χ4n) is 2.20. The van der Waals surface area contributed by atoms with E-state index in [0.29, 0.717) is 12.0 Å². The molecule has 5 heteroatoms. The number of ether oxygens (including phenoxy) is 2. The summed E-state index contributed by atoms with van der Waals surface area (Å²) in [4.78, 5) is 8.22. The molecule has 1 aromatic rings. The second-order valence-electron chi connectivity index (χ2n) is 5.11. The second kappa shape index (κ2) is 7.28. The van der Waals surface area contributed by atoms with Crippen LogP contribution in [-0.2, 0) is 4.74 Å². The van der Waals surface area contributed by atoms with Crippen LogP contribution in [0, 0.1) is 0 Å². The fraction of sp³-hybridized carbons (Fsp3) is 0.714. The van der Waals surface area contributed by atoms with Crippen molar-refractivity contribution in [1.29, 1.82) is 0 Å². The molecule has 1 heterocycles. The summed E-state index contributed by atoms with van der Waals surface area (Å²) in [5.41, 5.74) is 0. The van der Waals surface area contributed by atoms with Crippen molar-refractivity contribution in [2.45, 2.75) is 51.7 Å². The first-order valence-electron chi connectivity index (χ1n) is 7.08. The maximum absolute atomic E-state index is 5.78. The maximum Gasteiger partial charge on any atom is 0.218 e. The molecule has 1 fully saturated rings. The minimum Gasteiger partial charge on any atom is -0.475 e. The third kappa shape index (κ3) is 5.03. The van der Waals surface area contributed by atoms with Crippen molar-refractivity contribution in [2.24, 2.45) is 0 Å². The third-order valence-electron chi connectivity index (χ3n) is 3.06. The van der Waals surface area contributed by atoms with E-state index in [9.17, 15) is 0 Å². The van der Waals surface area contributed by atoms with Crippen LogP contribution in [0.1, 0.15) is 39.5 Å². The molecule has 0 aliphatic heterocycles. The highest BCUT2D eigenvalue weighted by Gasteiger charge is 2.14. The monoisotopic (exact) mass is 265 g/mol. The van der Waals surface area contributed by atoms with Crippen molar-refractivity contribution in [3.05, 3.63) is 12.4 Å². The lowest BCUT2D eigenvalue weighted by Crippen LogP contribution is -2.16. The summed E-state index contributed by atoms with van der Waals surface area (Å²) in [5.74, 6) is 1.38. The summed E-state index contributed by atoms with van der Waals surface area (Å²) < 4.78 is 11.3. The summed E-state index contributed by atoms with van der Waals surface area (Å²) in [6.45, 7) is 5.43. The molecule has 1 aromatic heterocycles. The Balaban J connectivity index is 1.69. The first-order chi connectivity index (χ1) is 9.24. The SMILES string of the molecule is CC(C)Oc1cc(NCCOC2CCCC2)ncn1. The van der Waals surface area contributed by atoms with Crippen molar-refractivity contribution in [3.8, 4) is 5.88 Å². The molecule has 0 aromatic carbocycles. The van der Waals surface area contributed by atoms with Crippen molar-refractivity contribution < 1.29 is 9.47 Å². The Morgan fingerprint density at radius 2 is 2.11 bits per heavy atom. The number of aromatic nitrogens is 2. The quantitative estimate of drug-likeness (QED) is 0.768. The molecule has 0 saturated heterocycles. The number of hydrogen-bond acceptors (Lipinski definition) is 5. The van der Waals surface area contributed by atoms with Gasteiger partial charge < -0.3 is 14.8 Å². The van der Waals surface area contributed by atoms with Gasteiger partial charge in [0.15, 0.2) is 0 Å². The summed E-state index contributed by atoms with van der Waals surface area (Å²) >= 11 is 0. The highest BCUT2D eigenvalue weighted by molar-refractivity contribution is 5.36. The predicted molar refractivity (Wildman–Crippen MR) is 74.5 cm³/mol. The number of rotatable bonds is 7. The molecule has 19 heavy (non-hydrogen) atoms. The molecule has 0 unspecified atom stereocenters. The predicted octanol–water partition coefficient (Wildman–Crippen LogP) is 2.63. The summed E-state index contributed by atoms with van der Waals surface area (Å²) in [6.07, 6.45) is 7.12. The number of hydrogen-bond donors (Lipinski definition) is 1. The van der Waals surface area contributed by atoms with Gasteiger partial charge in [0.25, 0.3) is 0 Å². The molecule has 0 spiro atoms. The first kappa shape index (κ1) is 14.1. The Morgan fingerprint density at radius 3 is 2.84 bits per heavy atom. The standard InChI is InChI=1S/C14H23N3O2/c1-11(2)19-14-9-13(16-10-17-14)15-7-8-18-12-5-3-4-6-12/h9-12H,3-8H2,1-2H3,(H,15,16,17). The molecule has 106 valence electrons. The lowest BCUT2D eigenvalue weighted by atomic mass is 10.3. The van der Waals surface area contributed by atoms with Gasteiger partial charge >= 0.3 is 0 Å². The van der Waals surface area contributed by atoms with Crippen LogP contribution >= 0.6 is 0 Å². The van der Waals surface area contributed by atoms with Gasteiger partial charge in [0.1, 0.15) is 12.1 Å². The highest BCUT2D eigenvalue weighted by Crippen LogP contribution is 2.20. The van der Waals surface area contributed by atoms with Crippen LogP contribution in [-0.4, -0.2) is 35.3 Å². The summed E-state index contributed by atoms with van der Waals surface area (Å²) in [5, 5.41) is 3.23. The average Bonchev–Trinajstić information content (AvgIpc) is 2.87. The minimum atomic E-state index is 0.119. The number of anilines is 1. The van der Waals surface area contributed by atoms with E-state index in [0.717, 1.165) is 19.0 Å². The van der Waals surface area contributed by atoms with E-state index in [1.165, 1.54) is 32.0 Å². The Hall–Kier alpha value is -1.36. The minimum absolute atomic E-state index is 0.119. The van der Waals surface area contributed by atoms with E-state index in [4.69, 9.17) is 9.47 Å². The van der Waals surface area contributed by atoms with Gasteiger partial charge in [-0.3, -0.25) is 0 Å². The molecule has 1 N–H and O–H groups in total. The van der Waals surface area contributed by atoms with Gasteiger partial charge in [0.2, 0.25) is 5.88 Å². The van der Waals surface area contributed by atoms with Crippen molar-refractivity contribution >= 4 is 5.82 Å². The van der Waals surface area contributed by atoms with E-state index >= 15 is 0 Å². The van der Waals surface area contributed by atoms with Crippen molar-refractivity contribution in [3.63, 3.8) is 0 Å². The Morgan fingerprint density at radius 1 is 1.32 bits per heavy atom. The van der Waals surface area contributed by atoms with E-state index < -0.39 is 0 Å². The van der Waals surface area contributed by atoms with Gasteiger partial charge in [0.05, 0.1) is 18.8 Å². The molecule has 0 radical (unpaired) electrons. The van der Waals surface area contributed by atoms with Crippen LogP contribution in [0.2, 0.25) is 0 Å². The van der Waals surface area contributed by atoms with Gasteiger partial charge in [-0.1, -0.05) is 12.8 Å². The van der Waals surface area contributed by atoms with E-state index in [2.05, 4.69) is 15.3 Å². The normalized spacial score (nSPS) is 15.9. The topological polar surface area (TPSA) is 56.3 Å². The van der Waals surface area contributed by atoms with Crippen LogP contribution in [0.4, 0.5) is 5.82 Å². The van der Waals surface area contributed by atoms with Gasteiger partial charge in [-0.05, 0) is 26.7 Å². The Kier molecular flexibility index (Phi) is 5.39. The largest absolute Gasteiger partial charge is 0.475 e. The zero-order valence-corrected chi connectivity index (χ0v) is 11.8. The molecule has 0 bridgehead atoms. The van der Waals surface area contributed by atoms with E-state index in [-0.39, 0.29) is 6.10 Å². The van der Waals surface area contributed by atoms with Crippen molar-refractivity contribution in [1.82, 2.24) is 9.97 Å². The fourth-order valence-corrected chi connectivity index (χ4v) is 2.20. The maximum atomic E-state index is 5.78. The highest BCUT2D eigenvalue weighted by atomic mass is 16.5. The van der Waals surface area contributed by atoms with Crippen LogP contribution in [0.3, 0.4) is 0 Å². The smallest absolute Gasteiger partial charge is 0.218 e. The zero-order valence-electron chi connectivity index (χ0n) is 11.8. The lowest BCUT2D eigenvalue weighted by Gasteiger charge is -2.12. The Bertz CT molecular complexity index is 379. The van der Waals surface area contributed by atoms with Gasteiger partial charge in [-0.2, -0.15) is 0 Å². The summed E-state index contributed by atoms with van der Waals surface area (Å²) in [7, 11) is 0. The second-order valence-corrected chi connectivity index (χ2v) is 5.11. The molecule has 1 aliphatic rings. The van der Waals surface area contributed by atoms with Crippen LogP contribution in [0.5, 0.6) is 5.88 Å². The zero-order chi connectivity index (χ0) is 13.5. The van der Waals surface area contributed by atoms with Crippen molar-refractivity contribution in [2.75, 3.05) is 18.5 Å². The Labute approximate surface area is 114 Å². The van der Waals surface area contributed by atoms with Gasteiger partial charge in [-0.25, -0.2) is 9.97 Å². The van der Waals surface area contributed by atoms with Gasteiger partial charge in [-0.15, -0.1) is 0 Å². The van der Waals surface area contributed by atoms with E-state index in [1.807, 2.05) is 19.9 Å². The molecular formula is C14H23N3O2. The molecule has 1 aliphatic carbocycles. The lowest BCUT2D eigenvalue weighted by molar-refractivity contribution is 0.0658. The molecule has 0 atom stereocenters. The molecule has 1 saturated carbocycles. The molecule has 5 nitrogen and oxygen atoms in total. The van der Waals surface area contributed by atoms with Crippen LogP contribution in [0.25, 0.3) is 0 Å². The van der Waals surface area contributed by atoms with Crippen LogP contribution in [0.15, 0.2) is 12.4 Å². The first-order valence-corrected chi connectivity index (χ1v) is 7.08. The van der Waals surface area contributed by atoms with E-state index in [1.54, 1.807) is 0 Å².